The highest BCUT2D eigenvalue weighted by molar-refractivity contribution is 5.89. The van der Waals surface area contributed by atoms with Gasteiger partial charge in [-0.05, 0) is 26.7 Å². The molecule has 1 heterocycles. The minimum absolute atomic E-state index is 0.00317. The highest BCUT2D eigenvalue weighted by Crippen LogP contribution is 2.30. The first-order valence-corrected chi connectivity index (χ1v) is 6.75. The zero-order valence-corrected chi connectivity index (χ0v) is 11.1. The van der Waals surface area contributed by atoms with Gasteiger partial charge < -0.3 is 14.9 Å². The number of hydrogen-bond donors (Lipinski definition) is 1. The van der Waals surface area contributed by atoms with Crippen LogP contribution in [0.3, 0.4) is 0 Å². The molecule has 0 aromatic heterocycles. The van der Waals surface area contributed by atoms with Crippen molar-refractivity contribution >= 4 is 11.8 Å². The minimum Gasteiger partial charge on any atom is -0.395 e. The summed E-state index contributed by atoms with van der Waals surface area (Å²) in [5.41, 5.74) is 0. The molecule has 5 nitrogen and oxygen atoms in total. The summed E-state index contributed by atoms with van der Waals surface area (Å²) in [7, 11) is 0. The van der Waals surface area contributed by atoms with E-state index in [1.165, 1.54) is 0 Å². The lowest BCUT2D eigenvalue weighted by atomic mass is 10.1. The number of amides is 2. The van der Waals surface area contributed by atoms with Gasteiger partial charge in [0.25, 0.3) is 0 Å². The lowest BCUT2D eigenvalue weighted by Gasteiger charge is -2.25. The lowest BCUT2D eigenvalue weighted by Crippen LogP contribution is -2.41. The second kappa shape index (κ2) is 5.26. The summed E-state index contributed by atoms with van der Waals surface area (Å²) >= 11 is 0. The third-order valence-electron chi connectivity index (χ3n) is 3.74. The maximum Gasteiger partial charge on any atom is 0.228 e. The number of carbonyl (C=O) groups is 2. The van der Waals surface area contributed by atoms with Crippen LogP contribution >= 0.6 is 0 Å². The van der Waals surface area contributed by atoms with Gasteiger partial charge in [-0.3, -0.25) is 9.59 Å². The predicted octanol–water partition coefficient (Wildman–Crippen LogP) is 0.227. The van der Waals surface area contributed by atoms with Gasteiger partial charge in [-0.1, -0.05) is 0 Å². The monoisotopic (exact) mass is 254 g/mol. The van der Waals surface area contributed by atoms with Crippen LogP contribution in [0.25, 0.3) is 0 Å². The van der Waals surface area contributed by atoms with E-state index in [9.17, 15) is 9.59 Å². The largest absolute Gasteiger partial charge is 0.395 e. The molecule has 2 aliphatic rings. The van der Waals surface area contributed by atoms with Crippen LogP contribution in [0.4, 0.5) is 0 Å². The Hall–Kier alpha value is -1.10. The zero-order chi connectivity index (χ0) is 13.3. The van der Waals surface area contributed by atoms with Crippen LogP contribution in [0.15, 0.2) is 0 Å². The maximum absolute atomic E-state index is 12.4. The van der Waals surface area contributed by atoms with Crippen LogP contribution in [-0.4, -0.2) is 58.5 Å². The molecule has 2 rings (SSSR count). The molecule has 2 amide bonds. The average molecular weight is 254 g/mol. The molecule has 0 bridgehead atoms. The van der Waals surface area contributed by atoms with Crippen molar-refractivity contribution in [1.29, 1.82) is 0 Å². The number of aliphatic hydroxyl groups excluding tert-OH is 1. The number of nitrogens with zero attached hydrogens (tertiary/aromatic N) is 2. The quantitative estimate of drug-likeness (QED) is 0.764. The summed E-state index contributed by atoms with van der Waals surface area (Å²) < 4.78 is 0. The molecule has 5 heteroatoms. The van der Waals surface area contributed by atoms with Gasteiger partial charge in [0.05, 0.1) is 12.5 Å². The van der Waals surface area contributed by atoms with Gasteiger partial charge in [0.1, 0.15) is 0 Å². The molecule has 1 N–H and O–H groups in total. The molecule has 1 aliphatic heterocycles. The Bertz CT molecular complexity index is 339. The number of rotatable bonds is 5. The van der Waals surface area contributed by atoms with Gasteiger partial charge in [0.2, 0.25) is 11.8 Å². The summed E-state index contributed by atoms with van der Waals surface area (Å²) in [6, 6.07) is 0.454. The fourth-order valence-corrected chi connectivity index (χ4v) is 2.60. The maximum atomic E-state index is 12.4. The molecule has 18 heavy (non-hydrogen) atoms. The summed E-state index contributed by atoms with van der Waals surface area (Å²) in [5.74, 6) is -0.0989. The minimum atomic E-state index is -0.216. The summed E-state index contributed by atoms with van der Waals surface area (Å²) in [4.78, 5) is 27.7. The normalized spacial score (nSPS) is 23.9. The Morgan fingerprint density at radius 1 is 1.50 bits per heavy atom. The van der Waals surface area contributed by atoms with Crippen molar-refractivity contribution in [3.05, 3.63) is 0 Å². The highest BCUT2D eigenvalue weighted by Gasteiger charge is 2.41. The molecular weight excluding hydrogens is 232 g/mol. The Balaban J connectivity index is 1.98. The summed E-state index contributed by atoms with van der Waals surface area (Å²) in [6.07, 6.45) is 2.38. The lowest BCUT2D eigenvalue weighted by molar-refractivity contribution is -0.136. The SMILES string of the molecule is CC(C)N1CC(C(=O)N(CCO)C2CC2)CC1=O. The van der Waals surface area contributed by atoms with Crippen molar-refractivity contribution in [3.63, 3.8) is 0 Å². The van der Waals surface area contributed by atoms with E-state index in [2.05, 4.69) is 0 Å². The van der Waals surface area contributed by atoms with E-state index >= 15 is 0 Å². The number of likely N-dealkylation sites (tertiary alicyclic amines) is 1. The molecule has 0 aromatic carbocycles. The van der Waals surface area contributed by atoms with Gasteiger partial charge >= 0.3 is 0 Å². The molecule has 1 saturated carbocycles. The van der Waals surface area contributed by atoms with E-state index in [1.807, 2.05) is 13.8 Å². The highest BCUT2D eigenvalue weighted by atomic mass is 16.3. The molecule has 1 saturated heterocycles. The second-order valence-corrected chi connectivity index (χ2v) is 5.53. The van der Waals surface area contributed by atoms with E-state index in [0.717, 1.165) is 12.8 Å². The third-order valence-corrected chi connectivity index (χ3v) is 3.74. The van der Waals surface area contributed by atoms with Crippen LogP contribution < -0.4 is 0 Å². The van der Waals surface area contributed by atoms with E-state index in [4.69, 9.17) is 5.11 Å². The van der Waals surface area contributed by atoms with E-state index in [-0.39, 0.29) is 30.4 Å². The van der Waals surface area contributed by atoms with Crippen LogP contribution in [-0.2, 0) is 9.59 Å². The number of carbonyl (C=O) groups excluding carboxylic acids is 2. The molecule has 0 aromatic rings. The Labute approximate surface area is 108 Å². The zero-order valence-electron chi connectivity index (χ0n) is 11.1. The van der Waals surface area contributed by atoms with Gasteiger partial charge in [0.15, 0.2) is 0 Å². The molecule has 102 valence electrons. The Morgan fingerprint density at radius 3 is 2.61 bits per heavy atom. The van der Waals surface area contributed by atoms with Crippen LogP contribution in [0, 0.1) is 5.92 Å². The van der Waals surface area contributed by atoms with Gasteiger partial charge in [-0.2, -0.15) is 0 Å². The number of aliphatic hydroxyl groups is 1. The van der Waals surface area contributed by atoms with Crippen molar-refractivity contribution in [2.45, 2.75) is 45.2 Å². The Morgan fingerprint density at radius 2 is 2.17 bits per heavy atom. The number of hydrogen-bond acceptors (Lipinski definition) is 3. The van der Waals surface area contributed by atoms with E-state index < -0.39 is 0 Å². The predicted molar refractivity (Wildman–Crippen MR) is 66.8 cm³/mol. The summed E-state index contributed by atoms with van der Waals surface area (Å²) in [6.45, 7) is 4.87. The fourth-order valence-electron chi connectivity index (χ4n) is 2.60. The van der Waals surface area contributed by atoms with Gasteiger partial charge in [0, 0.05) is 31.6 Å². The van der Waals surface area contributed by atoms with E-state index in [1.54, 1.807) is 9.80 Å². The topological polar surface area (TPSA) is 60.9 Å². The molecule has 0 radical (unpaired) electrons. The smallest absolute Gasteiger partial charge is 0.228 e. The fraction of sp³-hybridized carbons (Fsp3) is 0.846. The third kappa shape index (κ3) is 2.66. The molecule has 1 unspecified atom stereocenters. The van der Waals surface area contributed by atoms with Gasteiger partial charge in [-0.25, -0.2) is 0 Å². The van der Waals surface area contributed by atoms with E-state index in [0.29, 0.717) is 25.6 Å². The average Bonchev–Trinajstić information content (AvgIpc) is 3.07. The van der Waals surface area contributed by atoms with Crippen LogP contribution in [0.5, 0.6) is 0 Å². The second-order valence-electron chi connectivity index (χ2n) is 5.53. The standard InChI is InChI=1S/C13H22N2O3/c1-9(2)15-8-10(7-12(15)17)13(18)14(5-6-16)11-3-4-11/h9-11,16H,3-8H2,1-2H3. The van der Waals surface area contributed by atoms with Crippen LogP contribution in [0.1, 0.15) is 33.1 Å². The molecule has 1 atom stereocenters. The Kier molecular flexibility index (Phi) is 3.90. The summed E-state index contributed by atoms with van der Waals surface area (Å²) in [5, 5.41) is 9.03. The molecule has 0 spiro atoms. The van der Waals surface area contributed by atoms with Crippen molar-refractivity contribution in [3.8, 4) is 0 Å². The first-order chi connectivity index (χ1) is 8.54. The van der Waals surface area contributed by atoms with Crippen molar-refractivity contribution in [2.24, 2.45) is 5.92 Å². The molecule has 1 aliphatic carbocycles. The molecule has 2 fully saturated rings. The van der Waals surface area contributed by atoms with Crippen molar-refractivity contribution < 1.29 is 14.7 Å². The van der Waals surface area contributed by atoms with Crippen LogP contribution in [0.2, 0.25) is 0 Å². The molecular formula is C13H22N2O3. The first kappa shape index (κ1) is 13.3. The van der Waals surface area contributed by atoms with Crippen molar-refractivity contribution in [2.75, 3.05) is 19.7 Å². The van der Waals surface area contributed by atoms with Gasteiger partial charge in [-0.15, -0.1) is 0 Å². The first-order valence-electron chi connectivity index (χ1n) is 6.75. The van der Waals surface area contributed by atoms with Crippen molar-refractivity contribution in [1.82, 2.24) is 9.80 Å².